The first-order valence-corrected chi connectivity index (χ1v) is 8.93. The molecule has 1 heterocycles. The first-order valence-electron chi connectivity index (χ1n) is 6.05. The summed E-state index contributed by atoms with van der Waals surface area (Å²) in [4.78, 5) is 13.8. The van der Waals surface area contributed by atoms with Crippen LogP contribution in [-0.4, -0.2) is 54.0 Å². The van der Waals surface area contributed by atoms with Crippen molar-refractivity contribution in [1.82, 2.24) is 15.1 Å². The topological polar surface area (TPSA) is 80.2 Å². The van der Waals surface area contributed by atoms with E-state index in [1.54, 1.807) is 0 Å². The van der Waals surface area contributed by atoms with E-state index in [0.717, 1.165) is 17.7 Å². The highest BCUT2D eigenvalue weighted by Crippen LogP contribution is 2.14. The van der Waals surface area contributed by atoms with Crippen LogP contribution in [0.3, 0.4) is 0 Å². The Hall–Kier alpha value is -1.02. The Morgan fingerprint density at radius 2 is 2.00 bits per heavy atom. The van der Waals surface area contributed by atoms with Crippen molar-refractivity contribution in [3.8, 4) is 0 Å². The molecule has 0 atom stereocenters. The molecule has 1 amide bonds. The van der Waals surface area contributed by atoms with Crippen LogP contribution in [0.15, 0.2) is 0 Å². The Labute approximate surface area is 117 Å². The molecule has 0 aliphatic rings. The monoisotopic (exact) mass is 305 g/mol. The molecule has 0 radical (unpaired) electrons. The fourth-order valence-electron chi connectivity index (χ4n) is 1.46. The summed E-state index contributed by atoms with van der Waals surface area (Å²) in [6.07, 6.45) is 1.89. The van der Waals surface area contributed by atoms with Gasteiger partial charge in [0.05, 0.1) is 5.75 Å². The van der Waals surface area contributed by atoms with E-state index in [9.17, 15) is 13.2 Å². The fourth-order valence-corrected chi connectivity index (χ4v) is 2.73. The molecule has 0 fully saturated rings. The predicted molar refractivity (Wildman–Crippen MR) is 75.2 cm³/mol. The third-order valence-corrected chi connectivity index (χ3v) is 4.52. The number of hydrogen-bond donors (Lipinski definition) is 0. The molecule has 0 spiro atoms. The highest BCUT2D eigenvalue weighted by atomic mass is 32.2. The van der Waals surface area contributed by atoms with Gasteiger partial charge in [-0.25, -0.2) is 8.42 Å². The van der Waals surface area contributed by atoms with Crippen molar-refractivity contribution >= 4 is 27.1 Å². The summed E-state index contributed by atoms with van der Waals surface area (Å²) >= 11 is 1.26. The summed E-state index contributed by atoms with van der Waals surface area (Å²) in [5.41, 5.74) is 0. The van der Waals surface area contributed by atoms with Crippen molar-refractivity contribution in [1.29, 1.82) is 0 Å². The van der Waals surface area contributed by atoms with Gasteiger partial charge in [-0.05, 0) is 20.3 Å². The van der Waals surface area contributed by atoms with E-state index in [1.807, 2.05) is 20.8 Å². The standard InChI is InChI=1S/C11H19N3O3S2/c1-5-9-12-13-10(18-9)11(15)14(8(2)3)6-7-19(4,16)17/h8H,5-7H2,1-4H3. The Bertz CT molecular complexity index is 537. The van der Waals surface area contributed by atoms with E-state index in [-0.39, 0.29) is 24.2 Å². The first-order chi connectivity index (χ1) is 8.74. The molecule has 0 N–H and O–H groups in total. The molecule has 0 aromatic carbocycles. The highest BCUT2D eigenvalue weighted by molar-refractivity contribution is 7.90. The maximum atomic E-state index is 12.3. The zero-order valence-corrected chi connectivity index (χ0v) is 13.2. The van der Waals surface area contributed by atoms with Gasteiger partial charge in [0.15, 0.2) is 0 Å². The van der Waals surface area contributed by atoms with Crippen molar-refractivity contribution in [3.63, 3.8) is 0 Å². The molecule has 108 valence electrons. The zero-order chi connectivity index (χ0) is 14.6. The lowest BCUT2D eigenvalue weighted by Gasteiger charge is -2.25. The minimum Gasteiger partial charge on any atom is -0.333 e. The number of hydrogen-bond acceptors (Lipinski definition) is 6. The van der Waals surface area contributed by atoms with Crippen LogP contribution in [0.1, 0.15) is 35.6 Å². The number of rotatable bonds is 6. The Kier molecular flexibility index (Phi) is 5.42. The number of carbonyl (C=O) groups excluding carboxylic acids is 1. The van der Waals surface area contributed by atoms with Crippen LogP contribution >= 0.6 is 11.3 Å². The first kappa shape index (κ1) is 16.0. The van der Waals surface area contributed by atoms with Gasteiger partial charge in [0, 0.05) is 18.8 Å². The van der Waals surface area contributed by atoms with Gasteiger partial charge in [0.2, 0.25) is 5.01 Å². The molecule has 1 aromatic heterocycles. The second-order valence-corrected chi connectivity index (χ2v) is 7.90. The second-order valence-electron chi connectivity index (χ2n) is 4.58. The molecule has 1 aromatic rings. The Morgan fingerprint density at radius 1 is 1.37 bits per heavy atom. The van der Waals surface area contributed by atoms with Crippen molar-refractivity contribution < 1.29 is 13.2 Å². The molecule has 0 aliphatic carbocycles. The average Bonchev–Trinajstić information content (AvgIpc) is 2.75. The average molecular weight is 305 g/mol. The van der Waals surface area contributed by atoms with Crippen LogP contribution in [0.25, 0.3) is 0 Å². The van der Waals surface area contributed by atoms with Gasteiger partial charge in [-0.1, -0.05) is 18.3 Å². The van der Waals surface area contributed by atoms with Crippen molar-refractivity contribution in [2.75, 3.05) is 18.6 Å². The summed E-state index contributed by atoms with van der Waals surface area (Å²) in [5.74, 6) is -0.299. The maximum Gasteiger partial charge on any atom is 0.285 e. The highest BCUT2D eigenvalue weighted by Gasteiger charge is 2.23. The lowest BCUT2D eigenvalue weighted by atomic mass is 10.3. The fraction of sp³-hybridized carbons (Fsp3) is 0.727. The SMILES string of the molecule is CCc1nnc(C(=O)N(CCS(C)(=O)=O)C(C)C)s1. The lowest BCUT2D eigenvalue weighted by Crippen LogP contribution is -2.40. The van der Waals surface area contributed by atoms with Gasteiger partial charge in [-0.15, -0.1) is 10.2 Å². The third kappa shape index (κ3) is 4.87. The van der Waals surface area contributed by atoms with E-state index < -0.39 is 9.84 Å². The zero-order valence-electron chi connectivity index (χ0n) is 11.6. The Morgan fingerprint density at radius 3 is 2.42 bits per heavy atom. The molecular formula is C11H19N3O3S2. The Balaban J connectivity index is 2.84. The van der Waals surface area contributed by atoms with E-state index >= 15 is 0 Å². The molecule has 19 heavy (non-hydrogen) atoms. The predicted octanol–water partition coefficient (Wildman–Crippen LogP) is 0.996. The van der Waals surface area contributed by atoms with Gasteiger partial charge >= 0.3 is 0 Å². The summed E-state index contributed by atoms with van der Waals surface area (Å²) in [7, 11) is -3.09. The second kappa shape index (κ2) is 6.42. The number of carbonyl (C=O) groups is 1. The van der Waals surface area contributed by atoms with Gasteiger partial charge in [-0.3, -0.25) is 4.79 Å². The summed E-state index contributed by atoms with van der Waals surface area (Å²) in [6.45, 7) is 5.82. The van der Waals surface area contributed by atoms with Crippen LogP contribution in [0.5, 0.6) is 0 Å². The number of sulfone groups is 1. The van der Waals surface area contributed by atoms with E-state index in [2.05, 4.69) is 10.2 Å². The van der Waals surface area contributed by atoms with Gasteiger partial charge in [0.1, 0.15) is 14.8 Å². The van der Waals surface area contributed by atoms with Crippen molar-refractivity contribution in [3.05, 3.63) is 10.0 Å². The van der Waals surface area contributed by atoms with E-state index in [1.165, 1.54) is 16.2 Å². The van der Waals surface area contributed by atoms with Crippen LogP contribution in [0.4, 0.5) is 0 Å². The quantitative estimate of drug-likeness (QED) is 0.783. The molecular weight excluding hydrogens is 286 g/mol. The number of nitrogens with zero attached hydrogens (tertiary/aromatic N) is 3. The van der Waals surface area contributed by atoms with Gasteiger partial charge in [-0.2, -0.15) is 0 Å². The molecule has 1 rings (SSSR count). The minimum absolute atomic E-state index is 0.0453. The number of aromatic nitrogens is 2. The maximum absolute atomic E-state index is 12.3. The molecule has 6 nitrogen and oxygen atoms in total. The molecule has 0 unspecified atom stereocenters. The van der Waals surface area contributed by atoms with E-state index in [0.29, 0.717) is 5.01 Å². The largest absolute Gasteiger partial charge is 0.333 e. The molecule has 0 saturated heterocycles. The van der Waals surface area contributed by atoms with Crippen molar-refractivity contribution in [2.45, 2.75) is 33.2 Å². The molecule has 0 bridgehead atoms. The van der Waals surface area contributed by atoms with Crippen LogP contribution < -0.4 is 0 Å². The van der Waals surface area contributed by atoms with Crippen LogP contribution in [0.2, 0.25) is 0 Å². The smallest absolute Gasteiger partial charge is 0.285 e. The van der Waals surface area contributed by atoms with Crippen LogP contribution in [-0.2, 0) is 16.3 Å². The summed E-state index contributed by atoms with van der Waals surface area (Å²) < 4.78 is 22.4. The summed E-state index contributed by atoms with van der Waals surface area (Å²) in [5, 5.41) is 8.89. The van der Waals surface area contributed by atoms with E-state index in [4.69, 9.17) is 0 Å². The third-order valence-electron chi connectivity index (χ3n) is 2.54. The van der Waals surface area contributed by atoms with Gasteiger partial charge in [0.25, 0.3) is 5.91 Å². The van der Waals surface area contributed by atoms with Crippen molar-refractivity contribution in [2.24, 2.45) is 0 Å². The van der Waals surface area contributed by atoms with Crippen LogP contribution in [0, 0.1) is 0 Å². The normalized spacial score (nSPS) is 11.8. The molecule has 0 saturated carbocycles. The lowest BCUT2D eigenvalue weighted by molar-refractivity contribution is 0.0717. The van der Waals surface area contributed by atoms with Gasteiger partial charge < -0.3 is 4.90 Å². The number of aryl methyl sites for hydroxylation is 1. The molecule has 0 aliphatic heterocycles. The summed E-state index contributed by atoms with van der Waals surface area (Å²) in [6, 6.07) is -0.0803. The molecule has 8 heteroatoms. The minimum atomic E-state index is -3.09. The number of amides is 1.